The summed E-state index contributed by atoms with van der Waals surface area (Å²) in [4.78, 5) is 0. The van der Waals surface area contributed by atoms with Crippen LogP contribution in [0.1, 0.15) is 90.9 Å². The molecule has 2 aliphatic heterocycles. The molecule has 140 valence electrons. The smallest absolute Gasteiger partial charge is 0.0891 e. The maximum atomic E-state index is 6.65. The van der Waals surface area contributed by atoms with Crippen LogP contribution < -0.4 is 0 Å². The first-order valence-corrected chi connectivity index (χ1v) is 10.8. The predicted molar refractivity (Wildman–Crippen MR) is 103 cm³/mol. The average molecular weight is 345 g/mol. The lowest BCUT2D eigenvalue weighted by Crippen LogP contribution is -2.48. The molecule has 2 heteroatoms. The molecule has 2 spiro atoms. The molecule has 1 saturated heterocycles. The highest BCUT2D eigenvalue weighted by atomic mass is 16.5. The van der Waals surface area contributed by atoms with Gasteiger partial charge in [0.2, 0.25) is 0 Å². The summed E-state index contributed by atoms with van der Waals surface area (Å²) >= 11 is 0. The minimum Gasteiger partial charge on any atom is -0.371 e. The molecule has 0 radical (unpaired) electrons. The van der Waals surface area contributed by atoms with E-state index >= 15 is 0 Å². The molecule has 4 unspecified atom stereocenters. The second kappa shape index (κ2) is 7.19. The Balaban J connectivity index is 1.64. The summed E-state index contributed by atoms with van der Waals surface area (Å²) in [5.74, 6) is 0.572. The minimum absolute atomic E-state index is 0.0524. The third kappa shape index (κ3) is 3.49. The van der Waals surface area contributed by atoms with Gasteiger partial charge in [0.25, 0.3) is 0 Å². The summed E-state index contributed by atoms with van der Waals surface area (Å²) in [7, 11) is 0. The highest BCUT2D eigenvalue weighted by Gasteiger charge is 2.45. The summed E-state index contributed by atoms with van der Waals surface area (Å²) in [6, 6.07) is 0. The lowest BCUT2D eigenvalue weighted by Gasteiger charge is -2.49. The van der Waals surface area contributed by atoms with E-state index in [2.05, 4.69) is 26.0 Å². The molecule has 4 aliphatic rings. The summed E-state index contributed by atoms with van der Waals surface area (Å²) < 4.78 is 13.1. The van der Waals surface area contributed by atoms with E-state index < -0.39 is 0 Å². The van der Waals surface area contributed by atoms with Crippen LogP contribution >= 0.6 is 0 Å². The van der Waals surface area contributed by atoms with Crippen LogP contribution in [0.4, 0.5) is 0 Å². The molecule has 25 heavy (non-hydrogen) atoms. The molecular formula is C23H36O2. The SMILES string of the molecule is CC1=CC(C)OC2(CCCCC2C=C2CCCCC23CCCCO3)C1. The van der Waals surface area contributed by atoms with E-state index in [4.69, 9.17) is 9.47 Å². The molecule has 4 rings (SSSR count). The average Bonchev–Trinajstić information content (AvgIpc) is 2.59. The fraction of sp³-hybridized carbons (Fsp3) is 0.826. The Hall–Kier alpha value is -0.600. The molecule has 0 aromatic carbocycles. The molecule has 2 saturated carbocycles. The van der Waals surface area contributed by atoms with Crippen molar-refractivity contribution in [2.75, 3.05) is 6.61 Å². The van der Waals surface area contributed by atoms with Crippen LogP contribution in [0.25, 0.3) is 0 Å². The van der Waals surface area contributed by atoms with E-state index in [1.165, 1.54) is 76.2 Å². The molecule has 4 atom stereocenters. The van der Waals surface area contributed by atoms with E-state index in [-0.39, 0.29) is 17.3 Å². The topological polar surface area (TPSA) is 18.5 Å². The Morgan fingerprint density at radius 2 is 1.84 bits per heavy atom. The molecule has 2 aliphatic carbocycles. The first-order valence-electron chi connectivity index (χ1n) is 10.8. The van der Waals surface area contributed by atoms with Crippen molar-refractivity contribution in [2.45, 2.75) is 108 Å². The molecule has 2 nitrogen and oxygen atoms in total. The fourth-order valence-electron chi connectivity index (χ4n) is 6.11. The third-order valence-electron chi connectivity index (χ3n) is 7.18. The fourth-order valence-corrected chi connectivity index (χ4v) is 6.11. The monoisotopic (exact) mass is 344 g/mol. The predicted octanol–water partition coefficient (Wildman–Crippen LogP) is 6.11. The van der Waals surface area contributed by atoms with E-state index in [1.54, 1.807) is 5.57 Å². The van der Waals surface area contributed by atoms with E-state index in [9.17, 15) is 0 Å². The van der Waals surface area contributed by atoms with Gasteiger partial charge in [-0.15, -0.1) is 0 Å². The first-order chi connectivity index (χ1) is 12.1. The Bertz CT molecular complexity index is 532. The minimum atomic E-state index is 0.0524. The molecule has 0 N–H and O–H groups in total. The van der Waals surface area contributed by atoms with Crippen molar-refractivity contribution >= 4 is 0 Å². The van der Waals surface area contributed by atoms with Gasteiger partial charge in [-0.05, 0) is 83.6 Å². The first kappa shape index (κ1) is 17.8. The molecule has 0 bridgehead atoms. The molecule has 3 fully saturated rings. The Morgan fingerprint density at radius 1 is 1.04 bits per heavy atom. The number of hydrogen-bond donors (Lipinski definition) is 0. The zero-order chi connectivity index (χ0) is 17.3. The van der Waals surface area contributed by atoms with Crippen molar-refractivity contribution in [2.24, 2.45) is 5.92 Å². The van der Waals surface area contributed by atoms with Gasteiger partial charge in [0.15, 0.2) is 0 Å². The zero-order valence-corrected chi connectivity index (χ0v) is 16.3. The summed E-state index contributed by atoms with van der Waals surface area (Å²) in [5.41, 5.74) is 3.29. The maximum Gasteiger partial charge on any atom is 0.0891 e. The van der Waals surface area contributed by atoms with Crippen LogP contribution in [0, 0.1) is 5.92 Å². The van der Waals surface area contributed by atoms with Gasteiger partial charge in [-0.2, -0.15) is 0 Å². The number of rotatable bonds is 1. The van der Waals surface area contributed by atoms with Crippen LogP contribution in [0.15, 0.2) is 23.3 Å². The normalized spacial score (nSPS) is 44.2. The Labute approximate surface area is 154 Å². The Morgan fingerprint density at radius 3 is 2.60 bits per heavy atom. The highest BCUT2D eigenvalue weighted by Crippen LogP contribution is 2.48. The van der Waals surface area contributed by atoms with Crippen molar-refractivity contribution in [3.05, 3.63) is 23.3 Å². The van der Waals surface area contributed by atoms with E-state index in [0.29, 0.717) is 5.92 Å². The third-order valence-corrected chi connectivity index (χ3v) is 7.18. The molecule has 0 aromatic rings. The van der Waals surface area contributed by atoms with Crippen LogP contribution in [0.5, 0.6) is 0 Å². The quantitative estimate of drug-likeness (QED) is 0.534. The number of hydrogen-bond acceptors (Lipinski definition) is 2. The van der Waals surface area contributed by atoms with Gasteiger partial charge in [0, 0.05) is 12.5 Å². The summed E-state index contributed by atoms with van der Waals surface area (Å²) in [6.07, 6.45) is 20.5. The van der Waals surface area contributed by atoms with E-state index in [0.717, 1.165) is 13.0 Å². The van der Waals surface area contributed by atoms with Crippen LogP contribution in [-0.2, 0) is 9.47 Å². The zero-order valence-electron chi connectivity index (χ0n) is 16.3. The largest absolute Gasteiger partial charge is 0.371 e. The Kier molecular flexibility index (Phi) is 5.12. The van der Waals surface area contributed by atoms with Crippen LogP contribution in [-0.4, -0.2) is 23.9 Å². The molecule has 2 heterocycles. The van der Waals surface area contributed by atoms with Gasteiger partial charge >= 0.3 is 0 Å². The van der Waals surface area contributed by atoms with Crippen molar-refractivity contribution in [3.63, 3.8) is 0 Å². The van der Waals surface area contributed by atoms with Crippen molar-refractivity contribution in [1.82, 2.24) is 0 Å². The van der Waals surface area contributed by atoms with Crippen LogP contribution in [0.2, 0.25) is 0 Å². The number of ether oxygens (including phenoxy) is 2. The van der Waals surface area contributed by atoms with Crippen molar-refractivity contribution < 1.29 is 9.47 Å². The second-order valence-electron chi connectivity index (χ2n) is 9.13. The lowest BCUT2D eigenvalue weighted by atomic mass is 9.67. The molecule has 0 amide bonds. The van der Waals surface area contributed by atoms with E-state index in [1.807, 2.05) is 0 Å². The second-order valence-corrected chi connectivity index (χ2v) is 9.13. The van der Waals surface area contributed by atoms with Gasteiger partial charge in [-0.25, -0.2) is 0 Å². The van der Waals surface area contributed by atoms with Gasteiger partial charge in [-0.3, -0.25) is 0 Å². The van der Waals surface area contributed by atoms with Crippen molar-refractivity contribution in [3.8, 4) is 0 Å². The molecule has 0 aromatic heterocycles. The maximum absolute atomic E-state index is 6.65. The highest BCUT2D eigenvalue weighted by molar-refractivity contribution is 5.25. The van der Waals surface area contributed by atoms with Gasteiger partial charge in [0.1, 0.15) is 0 Å². The summed E-state index contributed by atoms with van der Waals surface area (Å²) in [5, 5.41) is 0. The van der Waals surface area contributed by atoms with Crippen molar-refractivity contribution in [1.29, 1.82) is 0 Å². The van der Waals surface area contributed by atoms with Gasteiger partial charge in [0.05, 0.1) is 17.3 Å². The lowest BCUT2D eigenvalue weighted by molar-refractivity contribution is -0.123. The van der Waals surface area contributed by atoms with Gasteiger partial charge < -0.3 is 9.47 Å². The molecular weight excluding hydrogens is 308 g/mol. The standard InChI is InChI=1S/C23H36O2/c1-18-15-19(2)25-23(17-18)13-6-4-10-21(23)16-20-9-3-5-11-22(20)12-7-8-14-24-22/h15-16,19,21H,3-14,17H2,1-2H3. The summed E-state index contributed by atoms with van der Waals surface area (Å²) in [6.45, 7) is 5.48. The van der Waals surface area contributed by atoms with Crippen LogP contribution in [0.3, 0.4) is 0 Å². The van der Waals surface area contributed by atoms with Gasteiger partial charge in [-0.1, -0.05) is 30.6 Å².